The van der Waals surface area contributed by atoms with E-state index >= 15 is 0 Å². The van der Waals surface area contributed by atoms with Gasteiger partial charge < -0.3 is 0 Å². The van der Waals surface area contributed by atoms with Crippen molar-refractivity contribution in [2.75, 3.05) is 0 Å². The highest BCUT2D eigenvalue weighted by molar-refractivity contribution is 9.10. The van der Waals surface area contributed by atoms with Crippen molar-refractivity contribution in [3.05, 3.63) is 19.8 Å². The fourth-order valence-corrected chi connectivity index (χ4v) is 2.06. The lowest BCUT2D eigenvalue weighted by Crippen LogP contribution is -2.00. The van der Waals surface area contributed by atoms with E-state index in [1.165, 1.54) is 0 Å². The number of halogens is 5. The molecule has 0 saturated carbocycles. The SMILES string of the molecule is FC(F)(F)c1cc(Br)c(Cl)s1. The zero-order valence-corrected chi connectivity index (χ0v) is 8.03. The van der Waals surface area contributed by atoms with Crippen molar-refractivity contribution in [1.82, 2.24) is 0 Å². The van der Waals surface area contributed by atoms with Crippen LogP contribution < -0.4 is 0 Å². The predicted octanol–water partition coefficient (Wildman–Crippen LogP) is 4.18. The summed E-state index contributed by atoms with van der Waals surface area (Å²) in [7, 11) is 0. The minimum atomic E-state index is -4.29. The maximum absolute atomic E-state index is 11.9. The first-order valence-corrected chi connectivity index (χ1v) is 4.42. The first kappa shape index (κ1) is 9.35. The summed E-state index contributed by atoms with van der Waals surface area (Å²) in [6, 6.07) is 0.965. The van der Waals surface area contributed by atoms with E-state index in [0.29, 0.717) is 11.3 Å². The molecule has 1 heterocycles. The van der Waals surface area contributed by atoms with Crippen LogP contribution in [-0.2, 0) is 6.18 Å². The van der Waals surface area contributed by atoms with Gasteiger partial charge in [0.15, 0.2) is 0 Å². The van der Waals surface area contributed by atoms with Gasteiger partial charge in [-0.3, -0.25) is 0 Å². The molecular formula is C5HBrClF3S. The topological polar surface area (TPSA) is 0 Å². The lowest BCUT2D eigenvalue weighted by Gasteiger charge is -1.99. The second-order valence-electron chi connectivity index (χ2n) is 1.73. The molecule has 0 spiro atoms. The number of thiophene rings is 1. The van der Waals surface area contributed by atoms with Crippen molar-refractivity contribution in [2.24, 2.45) is 0 Å². The van der Waals surface area contributed by atoms with E-state index in [1.54, 1.807) is 0 Å². The van der Waals surface area contributed by atoms with Crippen LogP contribution in [-0.4, -0.2) is 0 Å². The maximum atomic E-state index is 11.9. The van der Waals surface area contributed by atoms with Gasteiger partial charge in [0.1, 0.15) is 9.21 Å². The fourth-order valence-electron chi connectivity index (χ4n) is 0.486. The summed E-state index contributed by atoms with van der Waals surface area (Å²) in [6.45, 7) is 0. The molecule has 0 bridgehead atoms. The standard InChI is InChI=1S/C5HBrClF3S/c6-2-1-3(5(8,9)10)11-4(2)7/h1H. The Balaban J connectivity index is 3.08. The molecule has 0 nitrogen and oxygen atoms in total. The second kappa shape index (κ2) is 2.95. The van der Waals surface area contributed by atoms with Crippen LogP contribution >= 0.6 is 38.9 Å². The van der Waals surface area contributed by atoms with Gasteiger partial charge in [-0.25, -0.2) is 0 Å². The number of hydrogen-bond donors (Lipinski definition) is 0. The smallest absolute Gasteiger partial charge is 0.165 e. The van der Waals surface area contributed by atoms with Crippen molar-refractivity contribution in [2.45, 2.75) is 6.18 Å². The van der Waals surface area contributed by atoms with Crippen LogP contribution in [0.1, 0.15) is 4.88 Å². The third-order valence-corrected chi connectivity index (χ3v) is 3.44. The molecule has 62 valence electrons. The maximum Gasteiger partial charge on any atom is 0.425 e. The van der Waals surface area contributed by atoms with Crippen molar-refractivity contribution < 1.29 is 13.2 Å². The van der Waals surface area contributed by atoms with Gasteiger partial charge in [0.05, 0.1) is 0 Å². The zero-order valence-electron chi connectivity index (χ0n) is 4.88. The molecule has 11 heavy (non-hydrogen) atoms. The molecule has 0 saturated heterocycles. The van der Waals surface area contributed by atoms with Gasteiger partial charge in [0.2, 0.25) is 0 Å². The molecule has 6 heteroatoms. The van der Waals surface area contributed by atoms with E-state index in [2.05, 4.69) is 15.9 Å². The molecule has 0 aliphatic rings. The largest absolute Gasteiger partial charge is 0.425 e. The van der Waals surface area contributed by atoms with Gasteiger partial charge in [-0.2, -0.15) is 13.2 Å². The zero-order chi connectivity index (χ0) is 8.65. The Kier molecular flexibility index (Phi) is 2.51. The van der Waals surface area contributed by atoms with Gasteiger partial charge in [-0.1, -0.05) is 11.6 Å². The predicted molar refractivity (Wildman–Crippen MR) is 42.0 cm³/mol. The molecular weight excluding hydrogens is 264 g/mol. The van der Waals surface area contributed by atoms with Crippen LogP contribution in [0.25, 0.3) is 0 Å². The number of alkyl halides is 3. The normalized spacial score (nSPS) is 12.1. The van der Waals surface area contributed by atoms with Crippen LogP contribution in [0.2, 0.25) is 4.34 Å². The Labute approximate surface area is 78.1 Å². The highest BCUT2D eigenvalue weighted by Crippen LogP contribution is 2.40. The fraction of sp³-hybridized carbons (Fsp3) is 0.200. The first-order valence-electron chi connectivity index (χ1n) is 2.43. The molecule has 1 aromatic heterocycles. The molecule has 0 fully saturated rings. The van der Waals surface area contributed by atoms with E-state index in [9.17, 15) is 13.2 Å². The average Bonchev–Trinajstić information content (AvgIpc) is 2.11. The Morgan fingerprint density at radius 1 is 1.45 bits per heavy atom. The summed E-state index contributed by atoms with van der Waals surface area (Å²) in [4.78, 5) is -0.686. The van der Waals surface area contributed by atoms with Crippen LogP contribution in [0.5, 0.6) is 0 Å². The van der Waals surface area contributed by atoms with Gasteiger partial charge in [-0.05, 0) is 22.0 Å². The molecule has 0 N–H and O–H groups in total. The van der Waals surface area contributed by atoms with Gasteiger partial charge in [-0.15, -0.1) is 11.3 Å². The van der Waals surface area contributed by atoms with E-state index in [0.717, 1.165) is 6.07 Å². The highest BCUT2D eigenvalue weighted by Gasteiger charge is 2.33. The van der Waals surface area contributed by atoms with E-state index in [-0.39, 0.29) is 8.81 Å². The van der Waals surface area contributed by atoms with Crippen molar-refractivity contribution in [3.63, 3.8) is 0 Å². The molecule has 0 aliphatic heterocycles. The minimum Gasteiger partial charge on any atom is -0.165 e. The van der Waals surface area contributed by atoms with Crippen LogP contribution in [0.3, 0.4) is 0 Å². The van der Waals surface area contributed by atoms with Crippen LogP contribution in [0, 0.1) is 0 Å². The van der Waals surface area contributed by atoms with E-state index < -0.39 is 11.1 Å². The molecule has 0 unspecified atom stereocenters. The first-order chi connectivity index (χ1) is 4.91. The van der Waals surface area contributed by atoms with E-state index in [1.807, 2.05) is 0 Å². The third-order valence-electron chi connectivity index (χ3n) is 0.925. The van der Waals surface area contributed by atoms with Crippen LogP contribution in [0.4, 0.5) is 13.2 Å². The third kappa shape index (κ3) is 2.10. The lowest BCUT2D eigenvalue weighted by atomic mass is 10.5. The Morgan fingerprint density at radius 3 is 2.18 bits per heavy atom. The number of hydrogen-bond acceptors (Lipinski definition) is 1. The Morgan fingerprint density at radius 2 is 2.00 bits per heavy atom. The summed E-state index contributed by atoms with van der Waals surface area (Å²) < 4.78 is 36.1. The highest BCUT2D eigenvalue weighted by atomic mass is 79.9. The van der Waals surface area contributed by atoms with Gasteiger partial charge in [0.25, 0.3) is 0 Å². The summed E-state index contributed by atoms with van der Waals surface area (Å²) >= 11 is 8.81. The summed E-state index contributed by atoms with van der Waals surface area (Å²) in [6.07, 6.45) is -4.29. The second-order valence-corrected chi connectivity index (χ2v) is 4.24. The van der Waals surface area contributed by atoms with Crippen LogP contribution in [0.15, 0.2) is 10.5 Å². The monoisotopic (exact) mass is 264 g/mol. The molecule has 1 rings (SSSR count). The minimum absolute atomic E-state index is 0.123. The molecule has 0 aromatic carbocycles. The van der Waals surface area contributed by atoms with Gasteiger partial charge >= 0.3 is 6.18 Å². The summed E-state index contributed by atoms with van der Waals surface area (Å²) in [5, 5.41) is 0. The molecule has 0 amide bonds. The average molecular weight is 265 g/mol. The van der Waals surface area contributed by atoms with Crippen molar-refractivity contribution >= 4 is 38.9 Å². The number of rotatable bonds is 0. The Hall–Kier alpha value is 0.260. The van der Waals surface area contributed by atoms with Gasteiger partial charge in [0, 0.05) is 4.47 Å². The lowest BCUT2D eigenvalue weighted by molar-refractivity contribution is -0.134. The summed E-state index contributed by atoms with van der Waals surface area (Å²) in [5.41, 5.74) is 0. The van der Waals surface area contributed by atoms with Crippen molar-refractivity contribution in [3.8, 4) is 0 Å². The van der Waals surface area contributed by atoms with E-state index in [4.69, 9.17) is 11.6 Å². The Bertz CT molecular complexity index is 248. The molecule has 0 atom stereocenters. The molecule has 0 radical (unpaired) electrons. The molecule has 0 aliphatic carbocycles. The van der Waals surface area contributed by atoms with Crippen molar-refractivity contribution in [1.29, 1.82) is 0 Å². The summed E-state index contributed by atoms with van der Waals surface area (Å²) in [5.74, 6) is 0. The molecule has 1 aromatic rings. The quantitative estimate of drug-likeness (QED) is 0.660.